The molecule has 1 atom stereocenters. The van der Waals surface area contributed by atoms with Gasteiger partial charge in [0.05, 0.1) is 7.11 Å². The number of hydrogen-bond acceptors (Lipinski definition) is 2. The van der Waals surface area contributed by atoms with E-state index in [9.17, 15) is 0 Å². The molecule has 1 unspecified atom stereocenters. The van der Waals surface area contributed by atoms with Crippen LogP contribution in [-0.2, 0) is 0 Å². The van der Waals surface area contributed by atoms with Crippen molar-refractivity contribution < 1.29 is 4.74 Å². The minimum atomic E-state index is 0.349. The van der Waals surface area contributed by atoms with E-state index in [1.54, 1.807) is 7.11 Å². The fourth-order valence-electron chi connectivity index (χ4n) is 1.98. The average Bonchev–Trinajstić information content (AvgIpc) is 2.34. The van der Waals surface area contributed by atoms with Gasteiger partial charge in [-0.25, -0.2) is 0 Å². The van der Waals surface area contributed by atoms with Crippen LogP contribution >= 0.6 is 0 Å². The molecule has 0 saturated heterocycles. The summed E-state index contributed by atoms with van der Waals surface area (Å²) in [5.41, 5.74) is 2.48. The fraction of sp³-hybridized carbons (Fsp3) is 0.600. The summed E-state index contributed by atoms with van der Waals surface area (Å²) in [5, 5.41) is 3.55. The van der Waals surface area contributed by atoms with E-state index in [4.69, 9.17) is 4.74 Å². The number of rotatable bonds is 7. The SMILES string of the molecule is CCCCCNC(C)c1ccc(C)cc1OC. The van der Waals surface area contributed by atoms with Gasteiger partial charge in [-0.1, -0.05) is 31.9 Å². The Bertz CT molecular complexity index is 336. The van der Waals surface area contributed by atoms with E-state index in [0.29, 0.717) is 6.04 Å². The van der Waals surface area contributed by atoms with Crippen molar-refractivity contribution >= 4 is 0 Å². The zero-order valence-electron chi connectivity index (χ0n) is 11.5. The molecule has 0 bridgehead atoms. The minimum absolute atomic E-state index is 0.349. The van der Waals surface area contributed by atoms with Crippen molar-refractivity contribution in [3.63, 3.8) is 0 Å². The number of ether oxygens (including phenoxy) is 1. The van der Waals surface area contributed by atoms with Crippen LogP contribution in [0.25, 0.3) is 0 Å². The second-order valence-corrected chi connectivity index (χ2v) is 4.63. The number of methoxy groups -OCH3 is 1. The molecule has 0 saturated carbocycles. The Morgan fingerprint density at radius 2 is 2.06 bits per heavy atom. The Morgan fingerprint density at radius 1 is 1.29 bits per heavy atom. The maximum absolute atomic E-state index is 5.43. The van der Waals surface area contributed by atoms with E-state index in [2.05, 4.69) is 44.3 Å². The third kappa shape index (κ3) is 4.39. The molecule has 1 rings (SSSR count). The van der Waals surface area contributed by atoms with E-state index in [1.807, 2.05) is 0 Å². The van der Waals surface area contributed by atoms with Crippen LogP contribution < -0.4 is 10.1 Å². The van der Waals surface area contributed by atoms with Crippen LogP contribution in [0, 0.1) is 6.92 Å². The van der Waals surface area contributed by atoms with Gasteiger partial charge in [0.25, 0.3) is 0 Å². The molecule has 0 radical (unpaired) electrons. The Balaban J connectivity index is 2.58. The van der Waals surface area contributed by atoms with E-state index >= 15 is 0 Å². The van der Waals surface area contributed by atoms with Crippen molar-refractivity contribution in [3.8, 4) is 5.75 Å². The van der Waals surface area contributed by atoms with Gasteiger partial charge in [-0.05, 0) is 38.4 Å². The van der Waals surface area contributed by atoms with E-state index in [0.717, 1.165) is 12.3 Å². The van der Waals surface area contributed by atoms with Gasteiger partial charge in [-0.15, -0.1) is 0 Å². The highest BCUT2D eigenvalue weighted by atomic mass is 16.5. The van der Waals surface area contributed by atoms with Crippen molar-refractivity contribution in [2.75, 3.05) is 13.7 Å². The molecule has 0 spiro atoms. The van der Waals surface area contributed by atoms with E-state index < -0.39 is 0 Å². The van der Waals surface area contributed by atoms with Gasteiger partial charge in [0.15, 0.2) is 0 Å². The van der Waals surface area contributed by atoms with Gasteiger partial charge < -0.3 is 10.1 Å². The van der Waals surface area contributed by atoms with Crippen LogP contribution in [0.1, 0.15) is 50.3 Å². The predicted molar refractivity (Wildman–Crippen MR) is 73.7 cm³/mol. The molecule has 0 aliphatic rings. The molecule has 17 heavy (non-hydrogen) atoms. The van der Waals surface area contributed by atoms with Crippen LogP contribution in [-0.4, -0.2) is 13.7 Å². The largest absolute Gasteiger partial charge is 0.496 e. The third-order valence-electron chi connectivity index (χ3n) is 3.09. The molecular formula is C15H25NO. The number of benzene rings is 1. The summed E-state index contributed by atoms with van der Waals surface area (Å²) in [7, 11) is 1.74. The highest BCUT2D eigenvalue weighted by Crippen LogP contribution is 2.25. The summed E-state index contributed by atoms with van der Waals surface area (Å²) < 4.78 is 5.43. The van der Waals surface area contributed by atoms with Gasteiger partial charge in [-0.2, -0.15) is 0 Å². The smallest absolute Gasteiger partial charge is 0.123 e. The molecule has 1 N–H and O–H groups in total. The van der Waals surface area contributed by atoms with Gasteiger partial charge in [-0.3, -0.25) is 0 Å². The summed E-state index contributed by atoms with van der Waals surface area (Å²) >= 11 is 0. The van der Waals surface area contributed by atoms with Crippen LogP contribution in [0.2, 0.25) is 0 Å². The lowest BCUT2D eigenvalue weighted by Crippen LogP contribution is -2.20. The number of hydrogen-bond donors (Lipinski definition) is 1. The normalized spacial score (nSPS) is 12.5. The standard InChI is InChI=1S/C15H25NO/c1-5-6-7-10-16-13(3)14-9-8-12(2)11-15(14)17-4/h8-9,11,13,16H,5-7,10H2,1-4H3. The number of nitrogens with one attached hydrogen (secondary N) is 1. The zero-order valence-corrected chi connectivity index (χ0v) is 11.5. The number of unbranched alkanes of at least 4 members (excludes halogenated alkanes) is 2. The van der Waals surface area contributed by atoms with Crippen molar-refractivity contribution in [2.24, 2.45) is 0 Å². The first-order valence-corrected chi connectivity index (χ1v) is 6.57. The molecule has 0 aliphatic carbocycles. The van der Waals surface area contributed by atoms with Gasteiger partial charge in [0.2, 0.25) is 0 Å². The maximum Gasteiger partial charge on any atom is 0.123 e. The van der Waals surface area contributed by atoms with E-state index in [-0.39, 0.29) is 0 Å². The van der Waals surface area contributed by atoms with Gasteiger partial charge in [0, 0.05) is 11.6 Å². The second kappa shape index (κ2) is 7.33. The highest BCUT2D eigenvalue weighted by Gasteiger charge is 2.10. The Hall–Kier alpha value is -1.02. The molecule has 2 nitrogen and oxygen atoms in total. The average molecular weight is 235 g/mol. The monoisotopic (exact) mass is 235 g/mol. The Morgan fingerprint density at radius 3 is 2.71 bits per heavy atom. The summed E-state index contributed by atoms with van der Waals surface area (Å²) in [6, 6.07) is 6.75. The van der Waals surface area contributed by atoms with Crippen LogP contribution in [0.3, 0.4) is 0 Å². The van der Waals surface area contributed by atoms with E-state index in [1.165, 1.54) is 30.4 Å². The molecule has 0 fully saturated rings. The van der Waals surface area contributed by atoms with Crippen molar-refractivity contribution in [2.45, 2.75) is 46.1 Å². The summed E-state index contributed by atoms with van der Waals surface area (Å²) in [5.74, 6) is 0.987. The minimum Gasteiger partial charge on any atom is -0.496 e. The maximum atomic E-state index is 5.43. The number of aryl methyl sites for hydroxylation is 1. The first kappa shape index (κ1) is 14.0. The van der Waals surface area contributed by atoms with Crippen molar-refractivity contribution in [1.82, 2.24) is 5.32 Å². The molecule has 96 valence electrons. The molecule has 1 aromatic rings. The summed E-state index contributed by atoms with van der Waals surface area (Å²) in [6.07, 6.45) is 3.81. The molecule has 1 aromatic carbocycles. The molecular weight excluding hydrogens is 210 g/mol. The van der Waals surface area contributed by atoms with Crippen LogP contribution in [0.5, 0.6) is 5.75 Å². The first-order valence-electron chi connectivity index (χ1n) is 6.57. The zero-order chi connectivity index (χ0) is 12.7. The predicted octanol–water partition coefficient (Wildman–Crippen LogP) is 3.84. The summed E-state index contributed by atoms with van der Waals surface area (Å²) in [6.45, 7) is 7.59. The molecule has 2 heteroatoms. The van der Waals surface area contributed by atoms with Crippen LogP contribution in [0.4, 0.5) is 0 Å². The first-order chi connectivity index (χ1) is 8.19. The third-order valence-corrected chi connectivity index (χ3v) is 3.09. The second-order valence-electron chi connectivity index (χ2n) is 4.63. The van der Waals surface area contributed by atoms with Gasteiger partial charge >= 0.3 is 0 Å². The highest BCUT2D eigenvalue weighted by molar-refractivity contribution is 5.38. The van der Waals surface area contributed by atoms with Gasteiger partial charge in [0.1, 0.15) is 5.75 Å². The van der Waals surface area contributed by atoms with Crippen LogP contribution in [0.15, 0.2) is 18.2 Å². The lowest BCUT2D eigenvalue weighted by atomic mass is 10.0. The fourth-order valence-corrected chi connectivity index (χ4v) is 1.98. The topological polar surface area (TPSA) is 21.3 Å². The quantitative estimate of drug-likeness (QED) is 0.725. The molecule has 0 aromatic heterocycles. The van der Waals surface area contributed by atoms with Crippen molar-refractivity contribution in [3.05, 3.63) is 29.3 Å². The Kier molecular flexibility index (Phi) is 6.06. The molecule has 0 amide bonds. The Labute approximate surface area is 105 Å². The molecule has 0 aliphatic heterocycles. The lowest BCUT2D eigenvalue weighted by molar-refractivity contribution is 0.401. The lowest BCUT2D eigenvalue weighted by Gasteiger charge is -2.17. The van der Waals surface area contributed by atoms with Crippen molar-refractivity contribution in [1.29, 1.82) is 0 Å². The summed E-state index contributed by atoms with van der Waals surface area (Å²) in [4.78, 5) is 0. The molecule has 0 heterocycles.